The Kier molecular flexibility index (Phi) is 7.89. The summed E-state index contributed by atoms with van der Waals surface area (Å²) in [5, 5.41) is 8.69. The summed E-state index contributed by atoms with van der Waals surface area (Å²) in [7, 11) is 0. The average molecular weight is 460 g/mol. The number of nitrogens with two attached hydrogens (primary N) is 1. The van der Waals surface area contributed by atoms with Gasteiger partial charge in [-0.2, -0.15) is 0 Å². The second kappa shape index (κ2) is 10.6. The summed E-state index contributed by atoms with van der Waals surface area (Å²) in [5.74, 6) is -1.38. The molecule has 0 atom stereocenters. The van der Waals surface area contributed by atoms with Crippen LogP contribution in [0.1, 0.15) is 36.9 Å². The van der Waals surface area contributed by atoms with E-state index in [4.69, 9.17) is 23.1 Å². The van der Waals surface area contributed by atoms with Crippen molar-refractivity contribution in [2.45, 2.75) is 32.2 Å². The summed E-state index contributed by atoms with van der Waals surface area (Å²) in [4.78, 5) is 29.9. The van der Waals surface area contributed by atoms with Crippen LogP contribution < -0.4 is 5.73 Å². The van der Waals surface area contributed by atoms with Crippen LogP contribution in [0.4, 0.5) is 4.39 Å². The minimum absolute atomic E-state index is 0.123. The maximum Gasteiger partial charge on any atom is 0.303 e. The zero-order valence-corrected chi connectivity index (χ0v) is 18.3. The van der Waals surface area contributed by atoms with E-state index in [2.05, 4.69) is 4.98 Å². The van der Waals surface area contributed by atoms with Crippen LogP contribution in [0.2, 0.25) is 0 Å². The van der Waals surface area contributed by atoms with E-state index < -0.39 is 5.97 Å². The summed E-state index contributed by atoms with van der Waals surface area (Å²) in [6, 6.07) is 9.74. The summed E-state index contributed by atoms with van der Waals surface area (Å²) in [6.45, 7) is 0.713. The monoisotopic (exact) mass is 459 g/mol. The van der Waals surface area contributed by atoms with Gasteiger partial charge in [0.1, 0.15) is 10.1 Å². The topological polar surface area (TPSA) is 96.5 Å². The van der Waals surface area contributed by atoms with Gasteiger partial charge in [-0.15, -0.1) is 0 Å². The number of unbranched alkanes of at least 4 members (excludes halogenated alkanes) is 2. The standard InChI is InChI=1S/C22H22FN3O3S2/c23-15-9-8-14(13-24)17(11-15)18-6-4-5-16(25-18)12-19-21(29)26(22(30)31-19)10-3-1-2-7-20(27)28/h4-6,8-9,11-12H,1-3,7,10,13,24H2,(H,27,28)/b19-12-. The number of benzene rings is 1. The summed E-state index contributed by atoms with van der Waals surface area (Å²) in [5.41, 5.74) is 8.30. The molecule has 0 saturated carbocycles. The molecule has 1 aliphatic rings. The molecule has 0 unspecified atom stereocenters. The van der Waals surface area contributed by atoms with Crippen LogP contribution in [-0.2, 0) is 16.1 Å². The number of rotatable bonds is 9. The molecule has 0 spiro atoms. The molecule has 3 rings (SSSR count). The molecule has 1 saturated heterocycles. The Morgan fingerprint density at radius 1 is 1.26 bits per heavy atom. The van der Waals surface area contributed by atoms with E-state index in [1.165, 1.54) is 28.8 Å². The molecular weight excluding hydrogens is 437 g/mol. The molecule has 2 aromatic rings. The van der Waals surface area contributed by atoms with Crippen molar-refractivity contribution >= 4 is 46.3 Å². The minimum Gasteiger partial charge on any atom is -0.481 e. The average Bonchev–Trinajstić information content (AvgIpc) is 3.00. The number of carbonyl (C=O) groups is 2. The third-order valence-electron chi connectivity index (χ3n) is 4.76. The minimum atomic E-state index is -0.819. The number of pyridine rings is 1. The van der Waals surface area contributed by atoms with Gasteiger partial charge >= 0.3 is 5.97 Å². The van der Waals surface area contributed by atoms with Crippen LogP contribution in [-0.4, -0.2) is 37.7 Å². The maximum absolute atomic E-state index is 13.7. The molecular formula is C22H22FN3O3S2. The van der Waals surface area contributed by atoms with Gasteiger partial charge in [0.25, 0.3) is 5.91 Å². The number of carboxylic acid groups (broad SMARTS) is 1. The fourth-order valence-electron chi connectivity index (χ4n) is 3.20. The molecule has 2 heterocycles. The number of hydrogen-bond donors (Lipinski definition) is 2. The Balaban J connectivity index is 1.73. The van der Waals surface area contributed by atoms with E-state index in [9.17, 15) is 14.0 Å². The first kappa shape index (κ1) is 23.1. The Hall–Kier alpha value is -2.62. The van der Waals surface area contributed by atoms with Crippen molar-refractivity contribution in [3.8, 4) is 11.3 Å². The van der Waals surface area contributed by atoms with Crippen molar-refractivity contribution in [1.82, 2.24) is 9.88 Å². The fourth-order valence-corrected chi connectivity index (χ4v) is 4.49. The lowest BCUT2D eigenvalue weighted by atomic mass is 10.0. The number of thiocarbonyl (C=S) groups is 1. The molecule has 0 radical (unpaired) electrons. The van der Waals surface area contributed by atoms with Crippen LogP contribution in [0.15, 0.2) is 41.3 Å². The molecule has 9 heteroatoms. The lowest BCUT2D eigenvalue weighted by molar-refractivity contribution is -0.137. The van der Waals surface area contributed by atoms with Gasteiger partial charge in [0.05, 0.1) is 16.3 Å². The Morgan fingerprint density at radius 3 is 2.81 bits per heavy atom. The van der Waals surface area contributed by atoms with E-state index >= 15 is 0 Å². The maximum atomic E-state index is 13.7. The highest BCUT2D eigenvalue weighted by Gasteiger charge is 2.31. The van der Waals surface area contributed by atoms with Gasteiger partial charge in [-0.25, -0.2) is 9.37 Å². The van der Waals surface area contributed by atoms with Gasteiger partial charge < -0.3 is 10.8 Å². The first-order valence-electron chi connectivity index (χ1n) is 9.82. The van der Waals surface area contributed by atoms with Gasteiger partial charge in [-0.1, -0.05) is 42.5 Å². The van der Waals surface area contributed by atoms with Crippen LogP contribution in [0.25, 0.3) is 17.3 Å². The molecule has 1 fully saturated rings. The zero-order chi connectivity index (χ0) is 22.4. The summed E-state index contributed by atoms with van der Waals surface area (Å²) >= 11 is 6.55. The lowest BCUT2D eigenvalue weighted by Crippen LogP contribution is -2.29. The van der Waals surface area contributed by atoms with Crippen molar-refractivity contribution in [2.24, 2.45) is 5.73 Å². The predicted molar refractivity (Wildman–Crippen MR) is 124 cm³/mol. The van der Waals surface area contributed by atoms with E-state index in [0.29, 0.717) is 52.0 Å². The highest BCUT2D eigenvalue weighted by molar-refractivity contribution is 8.26. The normalized spacial score (nSPS) is 15.2. The van der Waals surface area contributed by atoms with Crippen molar-refractivity contribution in [3.05, 3.63) is 58.4 Å². The highest BCUT2D eigenvalue weighted by Crippen LogP contribution is 2.33. The van der Waals surface area contributed by atoms with Gasteiger partial charge in [0, 0.05) is 25.1 Å². The van der Waals surface area contributed by atoms with Crippen LogP contribution in [0, 0.1) is 5.82 Å². The number of aliphatic carboxylic acids is 1. The molecule has 3 N–H and O–H groups in total. The van der Waals surface area contributed by atoms with Gasteiger partial charge in [0.15, 0.2) is 0 Å². The highest BCUT2D eigenvalue weighted by atomic mass is 32.2. The Bertz CT molecular complexity index is 1040. The smallest absolute Gasteiger partial charge is 0.303 e. The molecule has 162 valence electrons. The number of halogens is 1. The van der Waals surface area contributed by atoms with Gasteiger partial charge in [0.2, 0.25) is 0 Å². The van der Waals surface area contributed by atoms with Crippen molar-refractivity contribution in [1.29, 1.82) is 0 Å². The zero-order valence-electron chi connectivity index (χ0n) is 16.7. The number of carboxylic acids is 1. The molecule has 1 aliphatic heterocycles. The Labute approximate surface area is 189 Å². The van der Waals surface area contributed by atoms with Crippen LogP contribution in [0.5, 0.6) is 0 Å². The fraction of sp³-hybridized carbons (Fsp3) is 0.273. The number of amides is 1. The SMILES string of the molecule is NCc1ccc(F)cc1-c1cccc(/C=C2\SC(=S)N(CCCCCC(=O)O)C2=O)n1. The van der Waals surface area contributed by atoms with E-state index in [0.717, 1.165) is 5.56 Å². The quantitative estimate of drug-likeness (QED) is 0.330. The van der Waals surface area contributed by atoms with Crippen molar-refractivity contribution in [3.63, 3.8) is 0 Å². The van der Waals surface area contributed by atoms with E-state index in [1.807, 2.05) is 0 Å². The molecule has 0 bridgehead atoms. The first-order chi connectivity index (χ1) is 14.9. The van der Waals surface area contributed by atoms with Crippen LogP contribution in [0.3, 0.4) is 0 Å². The summed E-state index contributed by atoms with van der Waals surface area (Å²) < 4.78 is 14.2. The largest absolute Gasteiger partial charge is 0.481 e. The molecule has 1 aromatic carbocycles. The third kappa shape index (κ3) is 5.96. The van der Waals surface area contributed by atoms with E-state index in [1.54, 1.807) is 30.3 Å². The molecule has 0 aliphatic carbocycles. The summed E-state index contributed by atoms with van der Waals surface area (Å²) in [6.07, 6.45) is 3.76. The van der Waals surface area contributed by atoms with Gasteiger partial charge in [-0.05, 0) is 48.7 Å². The second-order valence-corrected chi connectivity index (χ2v) is 8.67. The molecule has 1 aromatic heterocycles. The number of aromatic nitrogens is 1. The number of thioether (sulfide) groups is 1. The van der Waals surface area contributed by atoms with Crippen molar-refractivity contribution in [2.75, 3.05) is 6.54 Å². The third-order valence-corrected chi connectivity index (χ3v) is 6.14. The van der Waals surface area contributed by atoms with Gasteiger partial charge in [-0.3, -0.25) is 14.5 Å². The van der Waals surface area contributed by atoms with Crippen molar-refractivity contribution < 1.29 is 19.1 Å². The number of hydrogen-bond acceptors (Lipinski definition) is 6. The second-order valence-electron chi connectivity index (χ2n) is 6.99. The van der Waals surface area contributed by atoms with E-state index in [-0.39, 0.29) is 24.7 Å². The number of nitrogens with zero attached hydrogens (tertiary/aromatic N) is 2. The molecule has 31 heavy (non-hydrogen) atoms. The number of carbonyl (C=O) groups excluding carboxylic acids is 1. The molecule has 6 nitrogen and oxygen atoms in total. The predicted octanol–water partition coefficient (Wildman–Crippen LogP) is 4.19. The van der Waals surface area contributed by atoms with Crippen LogP contribution >= 0.6 is 24.0 Å². The molecule has 1 amide bonds. The first-order valence-corrected chi connectivity index (χ1v) is 11.0. The Morgan fingerprint density at radius 2 is 2.06 bits per heavy atom. The lowest BCUT2D eigenvalue weighted by Gasteiger charge is -2.13.